The monoisotopic (exact) mass is 220 g/mol. The average Bonchev–Trinajstić information content (AvgIpc) is 2.25. The van der Waals surface area contributed by atoms with Crippen molar-refractivity contribution in [3.05, 3.63) is 35.4 Å². The van der Waals surface area contributed by atoms with Gasteiger partial charge in [-0.2, -0.15) is 0 Å². The van der Waals surface area contributed by atoms with E-state index in [9.17, 15) is 5.11 Å². The minimum Gasteiger partial charge on any atom is -0.393 e. The summed E-state index contributed by atoms with van der Waals surface area (Å²) in [5, 5.41) is 9.74. The van der Waals surface area contributed by atoms with Gasteiger partial charge in [0, 0.05) is 0 Å². The molecule has 0 aliphatic carbocycles. The van der Waals surface area contributed by atoms with E-state index in [4.69, 9.17) is 0 Å². The van der Waals surface area contributed by atoms with Crippen molar-refractivity contribution < 1.29 is 5.11 Å². The third kappa shape index (κ3) is 3.64. The minimum atomic E-state index is -0.231. The fourth-order valence-electron chi connectivity index (χ4n) is 2.15. The Balaban J connectivity index is 2.70. The first kappa shape index (κ1) is 13.2. The van der Waals surface area contributed by atoms with Crippen LogP contribution in [0.15, 0.2) is 24.3 Å². The highest BCUT2D eigenvalue weighted by Gasteiger charge is 2.19. The zero-order valence-corrected chi connectivity index (χ0v) is 10.9. The van der Waals surface area contributed by atoms with Crippen molar-refractivity contribution in [3.63, 3.8) is 0 Å². The van der Waals surface area contributed by atoms with Gasteiger partial charge in [0.2, 0.25) is 0 Å². The molecule has 0 fully saturated rings. The van der Waals surface area contributed by atoms with Crippen LogP contribution >= 0.6 is 0 Å². The lowest BCUT2D eigenvalue weighted by Crippen LogP contribution is -2.24. The molecule has 16 heavy (non-hydrogen) atoms. The number of aliphatic hydroxyl groups is 1. The summed E-state index contributed by atoms with van der Waals surface area (Å²) in [6.45, 7) is 8.42. The Labute approximate surface area is 99.5 Å². The molecule has 1 heteroatoms. The summed E-state index contributed by atoms with van der Waals surface area (Å²) in [5.41, 5.74) is 2.71. The number of aryl methyl sites for hydroxylation is 1. The number of benzene rings is 1. The summed E-state index contributed by atoms with van der Waals surface area (Å²) in [6, 6.07) is 8.76. The summed E-state index contributed by atoms with van der Waals surface area (Å²) in [7, 11) is 0. The van der Waals surface area contributed by atoms with Crippen LogP contribution in [0.25, 0.3) is 0 Å². The first-order valence-electron chi connectivity index (χ1n) is 6.30. The molecule has 1 N–H and O–H groups in total. The maximum absolute atomic E-state index is 9.74. The zero-order valence-electron chi connectivity index (χ0n) is 10.9. The third-order valence-corrected chi connectivity index (χ3v) is 3.38. The van der Waals surface area contributed by atoms with Gasteiger partial charge in [0.05, 0.1) is 6.10 Å². The summed E-state index contributed by atoms with van der Waals surface area (Å²) in [4.78, 5) is 0. The Morgan fingerprint density at radius 1 is 1.00 bits per heavy atom. The lowest BCUT2D eigenvalue weighted by Gasteiger charge is -2.23. The smallest absolute Gasteiger partial charge is 0.0545 e. The summed E-state index contributed by atoms with van der Waals surface area (Å²) < 4.78 is 0. The Morgan fingerprint density at radius 2 is 1.50 bits per heavy atom. The van der Waals surface area contributed by atoms with Gasteiger partial charge < -0.3 is 5.11 Å². The fraction of sp³-hybridized carbons (Fsp3) is 0.600. The molecule has 2 atom stereocenters. The van der Waals surface area contributed by atoms with Gasteiger partial charge in [-0.1, -0.05) is 45.0 Å². The molecule has 0 saturated carbocycles. The maximum Gasteiger partial charge on any atom is 0.0545 e. The van der Waals surface area contributed by atoms with Crippen molar-refractivity contribution in [2.75, 3.05) is 0 Å². The van der Waals surface area contributed by atoms with E-state index in [1.807, 2.05) is 6.92 Å². The maximum atomic E-state index is 9.74. The molecule has 2 unspecified atom stereocenters. The number of rotatable bonds is 5. The van der Waals surface area contributed by atoms with Crippen LogP contribution < -0.4 is 0 Å². The van der Waals surface area contributed by atoms with E-state index in [0.717, 1.165) is 12.8 Å². The molecule has 0 amide bonds. The standard InChI is InChI=1S/C15H24O/c1-5-13-6-8-14(9-7-13)10-15(11(2)3)12(4)16/h6-9,11-12,15-16H,5,10H2,1-4H3. The highest BCUT2D eigenvalue weighted by Crippen LogP contribution is 2.21. The second-order valence-electron chi connectivity index (χ2n) is 5.02. The fourth-order valence-corrected chi connectivity index (χ4v) is 2.15. The molecule has 0 heterocycles. The van der Waals surface area contributed by atoms with Crippen LogP contribution in [0.5, 0.6) is 0 Å². The molecular weight excluding hydrogens is 196 g/mol. The Morgan fingerprint density at radius 3 is 1.88 bits per heavy atom. The second kappa shape index (κ2) is 6.05. The molecule has 90 valence electrons. The van der Waals surface area contributed by atoms with E-state index < -0.39 is 0 Å². The molecule has 1 aromatic carbocycles. The molecule has 0 radical (unpaired) electrons. The normalized spacial score (nSPS) is 15.1. The van der Waals surface area contributed by atoms with Crippen LogP contribution in [0.1, 0.15) is 38.8 Å². The summed E-state index contributed by atoms with van der Waals surface area (Å²) in [6.07, 6.45) is 1.83. The van der Waals surface area contributed by atoms with E-state index in [1.165, 1.54) is 11.1 Å². The van der Waals surface area contributed by atoms with Crippen molar-refractivity contribution in [1.82, 2.24) is 0 Å². The van der Waals surface area contributed by atoms with Gasteiger partial charge in [-0.25, -0.2) is 0 Å². The Bertz CT molecular complexity index is 290. The largest absolute Gasteiger partial charge is 0.393 e. The molecule has 0 spiro atoms. The molecule has 0 saturated heterocycles. The lowest BCUT2D eigenvalue weighted by molar-refractivity contribution is 0.0977. The minimum absolute atomic E-state index is 0.231. The van der Waals surface area contributed by atoms with Crippen LogP contribution in [-0.4, -0.2) is 11.2 Å². The topological polar surface area (TPSA) is 20.2 Å². The van der Waals surface area contributed by atoms with Gasteiger partial charge in [0.15, 0.2) is 0 Å². The van der Waals surface area contributed by atoms with Crippen molar-refractivity contribution in [3.8, 4) is 0 Å². The van der Waals surface area contributed by atoms with E-state index in [0.29, 0.717) is 11.8 Å². The van der Waals surface area contributed by atoms with E-state index in [1.54, 1.807) is 0 Å². The van der Waals surface area contributed by atoms with Crippen LogP contribution in [0.2, 0.25) is 0 Å². The first-order valence-corrected chi connectivity index (χ1v) is 6.30. The Kier molecular flexibility index (Phi) is 5.01. The molecule has 0 aliphatic heterocycles. The third-order valence-electron chi connectivity index (χ3n) is 3.38. The highest BCUT2D eigenvalue weighted by molar-refractivity contribution is 5.23. The van der Waals surface area contributed by atoms with Crippen LogP contribution in [-0.2, 0) is 12.8 Å². The summed E-state index contributed by atoms with van der Waals surface area (Å²) in [5.74, 6) is 0.873. The van der Waals surface area contributed by atoms with Gasteiger partial charge in [-0.15, -0.1) is 0 Å². The van der Waals surface area contributed by atoms with Gasteiger partial charge >= 0.3 is 0 Å². The van der Waals surface area contributed by atoms with E-state index in [-0.39, 0.29) is 6.10 Å². The molecule has 1 nitrogen and oxygen atoms in total. The highest BCUT2D eigenvalue weighted by atomic mass is 16.3. The quantitative estimate of drug-likeness (QED) is 0.806. The molecule has 0 bridgehead atoms. The van der Waals surface area contributed by atoms with E-state index in [2.05, 4.69) is 45.0 Å². The predicted molar refractivity (Wildman–Crippen MR) is 69.5 cm³/mol. The van der Waals surface area contributed by atoms with Crippen molar-refractivity contribution >= 4 is 0 Å². The van der Waals surface area contributed by atoms with Gasteiger partial charge in [0.25, 0.3) is 0 Å². The van der Waals surface area contributed by atoms with Crippen molar-refractivity contribution in [1.29, 1.82) is 0 Å². The van der Waals surface area contributed by atoms with Crippen LogP contribution in [0.4, 0.5) is 0 Å². The first-order chi connectivity index (χ1) is 7.54. The average molecular weight is 220 g/mol. The van der Waals surface area contributed by atoms with Crippen molar-refractivity contribution in [2.24, 2.45) is 11.8 Å². The molecule has 0 aromatic heterocycles. The van der Waals surface area contributed by atoms with Crippen molar-refractivity contribution in [2.45, 2.75) is 46.6 Å². The van der Waals surface area contributed by atoms with Gasteiger partial charge in [0.1, 0.15) is 0 Å². The Hall–Kier alpha value is -0.820. The molecule has 1 aromatic rings. The van der Waals surface area contributed by atoms with Crippen LogP contribution in [0, 0.1) is 11.8 Å². The SMILES string of the molecule is CCc1ccc(CC(C(C)C)C(C)O)cc1. The molecular formula is C15H24O. The second-order valence-corrected chi connectivity index (χ2v) is 5.02. The van der Waals surface area contributed by atoms with Crippen LogP contribution in [0.3, 0.4) is 0 Å². The summed E-state index contributed by atoms with van der Waals surface area (Å²) >= 11 is 0. The van der Waals surface area contributed by atoms with Gasteiger partial charge in [-0.3, -0.25) is 0 Å². The predicted octanol–water partition coefficient (Wildman–Crippen LogP) is 3.44. The lowest BCUT2D eigenvalue weighted by atomic mass is 9.85. The van der Waals surface area contributed by atoms with E-state index >= 15 is 0 Å². The molecule has 1 rings (SSSR count). The number of aliphatic hydroxyl groups excluding tert-OH is 1. The molecule has 0 aliphatic rings. The number of hydrogen-bond donors (Lipinski definition) is 1. The zero-order chi connectivity index (χ0) is 12.1. The number of hydrogen-bond acceptors (Lipinski definition) is 1. The van der Waals surface area contributed by atoms with Gasteiger partial charge in [-0.05, 0) is 42.7 Å².